The number of rotatable bonds is 0. The van der Waals surface area contributed by atoms with E-state index in [1.54, 1.807) is 0 Å². The van der Waals surface area contributed by atoms with E-state index in [4.69, 9.17) is 0 Å². The zero-order valence-corrected chi connectivity index (χ0v) is 7.19. The van der Waals surface area contributed by atoms with Crippen LogP contribution < -0.4 is 0 Å². The van der Waals surface area contributed by atoms with E-state index in [1.165, 1.54) is 0 Å². The molecule has 1 fully saturated rings. The van der Waals surface area contributed by atoms with Crippen LogP contribution in [0.25, 0.3) is 0 Å². The van der Waals surface area contributed by atoms with Gasteiger partial charge in [0.15, 0.2) is 0 Å². The van der Waals surface area contributed by atoms with Crippen molar-refractivity contribution in [3.05, 3.63) is 0 Å². The zero-order valence-electron chi connectivity index (χ0n) is 7.19. The summed E-state index contributed by atoms with van der Waals surface area (Å²) in [4.78, 5) is 10.8. The standard InChI is InChI=1S/C9H11FO2/c1-7(2)3-4-9(10)5-6-12-8(9)11/h7H,5-6H2,1-2H3. The normalized spacial score (nSPS) is 28.2. The summed E-state index contributed by atoms with van der Waals surface area (Å²) in [6.07, 6.45) is 0.0611. The Kier molecular flexibility index (Phi) is 2.37. The van der Waals surface area contributed by atoms with Crippen molar-refractivity contribution >= 4 is 5.97 Å². The number of alkyl halides is 1. The van der Waals surface area contributed by atoms with Gasteiger partial charge in [0.25, 0.3) is 5.67 Å². The Morgan fingerprint density at radius 2 is 2.33 bits per heavy atom. The highest BCUT2D eigenvalue weighted by molar-refractivity contribution is 5.85. The van der Waals surface area contributed by atoms with Crippen LogP contribution in [0.2, 0.25) is 0 Å². The van der Waals surface area contributed by atoms with Crippen molar-refractivity contribution in [2.24, 2.45) is 5.92 Å². The lowest BCUT2D eigenvalue weighted by Crippen LogP contribution is -2.26. The molecule has 0 aromatic carbocycles. The molecule has 66 valence electrons. The van der Waals surface area contributed by atoms with Gasteiger partial charge in [0.1, 0.15) is 0 Å². The highest BCUT2D eigenvalue weighted by Gasteiger charge is 2.43. The highest BCUT2D eigenvalue weighted by Crippen LogP contribution is 2.23. The minimum absolute atomic E-state index is 0.0611. The molecule has 1 saturated heterocycles. The molecule has 0 spiro atoms. The van der Waals surface area contributed by atoms with Gasteiger partial charge in [0, 0.05) is 12.3 Å². The summed E-state index contributed by atoms with van der Waals surface area (Å²) >= 11 is 0. The minimum Gasteiger partial charge on any atom is -0.462 e. The maximum Gasteiger partial charge on any atom is 0.356 e. The lowest BCUT2D eigenvalue weighted by Gasteiger charge is -2.04. The van der Waals surface area contributed by atoms with Gasteiger partial charge in [-0.3, -0.25) is 0 Å². The van der Waals surface area contributed by atoms with Crippen molar-refractivity contribution in [2.75, 3.05) is 6.61 Å². The third-order valence-electron chi connectivity index (χ3n) is 1.56. The summed E-state index contributed by atoms with van der Waals surface area (Å²) in [6, 6.07) is 0. The third kappa shape index (κ3) is 1.76. The molecule has 0 aromatic rings. The summed E-state index contributed by atoms with van der Waals surface area (Å²) in [7, 11) is 0. The minimum atomic E-state index is -2.04. The Morgan fingerprint density at radius 3 is 2.75 bits per heavy atom. The zero-order chi connectivity index (χ0) is 9.19. The van der Waals surface area contributed by atoms with Crippen LogP contribution in [0.4, 0.5) is 4.39 Å². The Bertz CT molecular complexity index is 249. The topological polar surface area (TPSA) is 26.3 Å². The summed E-state index contributed by atoms with van der Waals surface area (Å²) in [6.45, 7) is 3.83. The van der Waals surface area contributed by atoms with Crippen LogP contribution in [0.1, 0.15) is 20.3 Å². The van der Waals surface area contributed by atoms with Crippen molar-refractivity contribution in [2.45, 2.75) is 25.9 Å². The van der Waals surface area contributed by atoms with Crippen LogP contribution in [-0.2, 0) is 9.53 Å². The van der Waals surface area contributed by atoms with E-state index in [9.17, 15) is 9.18 Å². The van der Waals surface area contributed by atoms with Gasteiger partial charge in [0.05, 0.1) is 6.61 Å². The van der Waals surface area contributed by atoms with Crippen LogP contribution in [-0.4, -0.2) is 18.2 Å². The van der Waals surface area contributed by atoms with Gasteiger partial charge in [-0.05, 0) is 0 Å². The first-order valence-corrected chi connectivity index (χ1v) is 3.93. The molecule has 0 bridgehead atoms. The van der Waals surface area contributed by atoms with Crippen LogP contribution >= 0.6 is 0 Å². The average Bonchev–Trinajstić information content (AvgIpc) is 2.30. The summed E-state index contributed by atoms with van der Waals surface area (Å²) in [5.41, 5.74) is -2.04. The molecule has 1 aliphatic rings. The molecule has 12 heavy (non-hydrogen) atoms. The molecule has 2 nitrogen and oxygen atoms in total. The first kappa shape index (κ1) is 9.05. The quantitative estimate of drug-likeness (QED) is 0.404. The molecule has 0 N–H and O–H groups in total. The number of carbonyl (C=O) groups is 1. The second-order valence-electron chi connectivity index (χ2n) is 3.11. The second kappa shape index (κ2) is 3.14. The van der Waals surface area contributed by atoms with Gasteiger partial charge in [-0.25, -0.2) is 9.18 Å². The predicted molar refractivity (Wildman–Crippen MR) is 42.0 cm³/mol. The number of carbonyl (C=O) groups excluding carboxylic acids is 1. The smallest absolute Gasteiger partial charge is 0.356 e. The number of hydrogen-bond acceptors (Lipinski definition) is 2. The first-order valence-electron chi connectivity index (χ1n) is 3.93. The van der Waals surface area contributed by atoms with Crippen LogP contribution in [0.3, 0.4) is 0 Å². The van der Waals surface area contributed by atoms with Crippen molar-refractivity contribution in [3.8, 4) is 11.8 Å². The van der Waals surface area contributed by atoms with E-state index in [0.717, 1.165) is 0 Å². The summed E-state index contributed by atoms with van der Waals surface area (Å²) < 4.78 is 17.9. The Morgan fingerprint density at radius 1 is 1.67 bits per heavy atom. The third-order valence-corrected chi connectivity index (χ3v) is 1.56. The number of cyclic esters (lactones) is 1. The van der Waals surface area contributed by atoms with E-state index in [2.05, 4.69) is 16.6 Å². The van der Waals surface area contributed by atoms with Crippen LogP contribution in [0.5, 0.6) is 0 Å². The molecule has 3 heteroatoms. The monoisotopic (exact) mass is 170 g/mol. The Balaban J connectivity index is 2.74. The van der Waals surface area contributed by atoms with E-state index < -0.39 is 11.6 Å². The number of ether oxygens (including phenoxy) is 1. The fourth-order valence-electron chi connectivity index (χ4n) is 0.873. The van der Waals surface area contributed by atoms with E-state index >= 15 is 0 Å². The molecular weight excluding hydrogens is 159 g/mol. The van der Waals surface area contributed by atoms with Gasteiger partial charge in [-0.2, -0.15) is 0 Å². The Hall–Kier alpha value is -1.04. The van der Waals surface area contributed by atoms with Crippen molar-refractivity contribution in [3.63, 3.8) is 0 Å². The Labute approximate surface area is 71.1 Å². The summed E-state index contributed by atoms with van der Waals surface area (Å²) in [5.74, 6) is 4.19. The molecule has 0 aromatic heterocycles. The van der Waals surface area contributed by atoms with E-state index in [-0.39, 0.29) is 18.9 Å². The molecular formula is C9H11FO2. The van der Waals surface area contributed by atoms with Crippen molar-refractivity contribution < 1.29 is 13.9 Å². The lowest BCUT2D eigenvalue weighted by molar-refractivity contribution is -0.144. The molecule has 0 aliphatic carbocycles. The van der Waals surface area contributed by atoms with Crippen molar-refractivity contribution in [1.82, 2.24) is 0 Å². The average molecular weight is 170 g/mol. The molecule has 1 aliphatic heterocycles. The molecule has 1 unspecified atom stereocenters. The maximum atomic E-state index is 13.4. The van der Waals surface area contributed by atoms with Gasteiger partial charge < -0.3 is 4.74 Å². The maximum absolute atomic E-state index is 13.4. The van der Waals surface area contributed by atoms with Gasteiger partial charge >= 0.3 is 5.97 Å². The van der Waals surface area contributed by atoms with E-state index in [1.807, 2.05) is 13.8 Å². The van der Waals surface area contributed by atoms with E-state index in [0.29, 0.717) is 0 Å². The SMILES string of the molecule is CC(C)C#CC1(F)CCOC1=O. The molecule has 1 rings (SSSR count). The van der Waals surface area contributed by atoms with Gasteiger partial charge in [0.2, 0.25) is 0 Å². The number of hydrogen-bond donors (Lipinski definition) is 0. The summed E-state index contributed by atoms with van der Waals surface area (Å²) in [5, 5.41) is 0. The van der Waals surface area contributed by atoms with Gasteiger partial charge in [-0.1, -0.05) is 25.7 Å². The molecule has 1 heterocycles. The van der Waals surface area contributed by atoms with Crippen molar-refractivity contribution in [1.29, 1.82) is 0 Å². The van der Waals surface area contributed by atoms with Crippen LogP contribution in [0, 0.1) is 17.8 Å². The van der Waals surface area contributed by atoms with Crippen LogP contribution in [0.15, 0.2) is 0 Å². The fraction of sp³-hybridized carbons (Fsp3) is 0.667. The fourth-order valence-corrected chi connectivity index (χ4v) is 0.873. The largest absolute Gasteiger partial charge is 0.462 e. The highest BCUT2D eigenvalue weighted by atomic mass is 19.1. The number of halogens is 1. The lowest BCUT2D eigenvalue weighted by atomic mass is 10.0. The molecule has 0 radical (unpaired) electrons. The predicted octanol–water partition coefficient (Wildman–Crippen LogP) is 1.30. The molecule has 0 saturated carbocycles. The first-order chi connectivity index (χ1) is 5.54. The molecule has 1 atom stereocenters. The second-order valence-corrected chi connectivity index (χ2v) is 3.11. The van der Waals surface area contributed by atoms with Gasteiger partial charge in [-0.15, -0.1) is 0 Å². The number of esters is 1. The molecule has 0 amide bonds.